The molecule has 5 rings (SSSR count). The molecule has 0 bridgehead atoms. The SMILES string of the molecule is FC(F)(F)c1ccc2c(c1)nc(COc1ccc3ccccc3c1)n2CC1CCCO1. The summed E-state index contributed by atoms with van der Waals surface area (Å²) in [5, 5.41) is 2.17. The Hall–Kier alpha value is -3.06. The maximum absolute atomic E-state index is 13.2. The monoisotopic (exact) mass is 426 g/mol. The van der Waals surface area contributed by atoms with Crippen molar-refractivity contribution in [1.29, 1.82) is 0 Å². The number of ether oxygens (including phenoxy) is 2. The minimum absolute atomic E-state index is 0.0270. The Morgan fingerprint density at radius 3 is 2.65 bits per heavy atom. The number of benzene rings is 3. The van der Waals surface area contributed by atoms with Gasteiger partial charge in [0.1, 0.15) is 18.2 Å². The lowest BCUT2D eigenvalue weighted by Gasteiger charge is -2.15. The topological polar surface area (TPSA) is 36.3 Å². The highest BCUT2D eigenvalue weighted by molar-refractivity contribution is 5.83. The Kier molecular flexibility index (Phi) is 5.06. The maximum atomic E-state index is 13.2. The molecule has 7 heteroatoms. The number of hydrogen-bond acceptors (Lipinski definition) is 3. The van der Waals surface area contributed by atoms with E-state index in [2.05, 4.69) is 4.98 Å². The van der Waals surface area contributed by atoms with E-state index in [0.29, 0.717) is 35.8 Å². The first-order valence-corrected chi connectivity index (χ1v) is 10.3. The van der Waals surface area contributed by atoms with E-state index in [1.54, 1.807) is 0 Å². The average molecular weight is 426 g/mol. The Labute approximate surface area is 177 Å². The molecule has 0 spiro atoms. The molecule has 160 valence electrons. The Balaban J connectivity index is 1.47. The molecule has 0 N–H and O–H groups in total. The molecule has 1 atom stereocenters. The quantitative estimate of drug-likeness (QED) is 0.395. The molecular formula is C24H21F3N2O2. The summed E-state index contributed by atoms with van der Waals surface area (Å²) in [7, 11) is 0. The number of hydrogen-bond donors (Lipinski definition) is 0. The summed E-state index contributed by atoms with van der Waals surface area (Å²) in [6, 6.07) is 17.5. The minimum atomic E-state index is -4.41. The van der Waals surface area contributed by atoms with E-state index >= 15 is 0 Å². The largest absolute Gasteiger partial charge is 0.486 e. The maximum Gasteiger partial charge on any atom is 0.416 e. The molecule has 1 aliphatic heterocycles. The number of imidazole rings is 1. The lowest BCUT2D eigenvalue weighted by molar-refractivity contribution is -0.137. The number of nitrogens with zero attached hydrogens (tertiary/aromatic N) is 2. The van der Waals surface area contributed by atoms with Gasteiger partial charge in [0.15, 0.2) is 0 Å². The first kappa shape index (κ1) is 19.9. The lowest BCUT2D eigenvalue weighted by atomic mass is 10.1. The predicted molar refractivity (Wildman–Crippen MR) is 112 cm³/mol. The number of halogens is 3. The molecule has 4 aromatic rings. The fraction of sp³-hybridized carbons (Fsp3) is 0.292. The summed E-state index contributed by atoms with van der Waals surface area (Å²) in [6.07, 6.45) is -2.48. The molecule has 4 nitrogen and oxygen atoms in total. The van der Waals surface area contributed by atoms with Gasteiger partial charge in [0.25, 0.3) is 0 Å². The van der Waals surface area contributed by atoms with Crippen LogP contribution in [0.25, 0.3) is 21.8 Å². The molecule has 0 amide bonds. The van der Waals surface area contributed by atoms with Crippen LogP contribution >= 0.6 is 0 Å². The number of rotatable bonds is 5. The van der Waals surface area contributed by atoms with Crippen molar-refractivity contribution >= 4 is 21.8 Å². The summed E-state index contributed by atoms with van der Waals surface area (Å²) in [4.78, 5) is 4.49. The molecule has 1 unspecified atom stereocenters. The smallest absolute Gasteiger partial charge is 0.416 e. The van der Waals surface area contributed by atoms with Gasteiger partial charge < -0.3 is 14.0 Å². The Morgan fingerprint density at radius 2 is 1.87 bits per heavy atom. The zero-order valence-electron chi connectivity index (χ0n) is 16.7. The van der Waals surface area contributed by atoms with Crippen molar-refractivity contribution in [2.45, 2.75) is 38.3 Å². The van der Waals surface area contributed by atoms with Crippen molar-refractivity contribution in [1.82, 2.24) is 9.55 Å². The third kappa shape index (κ3) is 4.10. The van der Waals surface area contributed by atoms with Crippen LogP contribution in [0.5, 0.6) is 5.75 Å². The molecule has 2 heterocycles. The van der Waals surface area contributed by atoms with Crippen LogP contribution < -0.4 is 4.74 Å². The van der Waals surface area contributed by atoms with Crippen LogP contribution in [0.4, 0.5) is 13.2 Å². The first-order valence-electron chi connectivity index (χ1n) is 10.3. The summed E-state index contributed by atoms with van der Waals surface area (Å²) in [6.45, 7) is 1.40. The highest BCUT2D eigenvalue weighted by Gasteiger charge is 2.31. The molecule has 31 heavy (non-hydrogen) atoms. The van der Waals surface area contributed by atoms with E-state index in [0.717, 1.165) is 35.7 Å². The van der Waals surface area contributed by atoms with E-state index in [4.69, 9.17) is 9.47 Å². The lowest BCUT2D eigenvalue weighted by Crippen LogP contribution is -2.18. The molecule has 1 aliphatic rings. The molecule has 1 aromatic heterocycles. The molecule has 0 saturated carbocycles. The van der Waals surface area contributed by atoms with Crippen molar-refractivity contribution in [2.24, 2.45) is 0 Å². The number of aromatic nitrogens is 2. The fourth-order valence-electron chi connectivity index (χ4n) is 4.07. The van der Waals surface area contributed by atoms with Gasteiger partial charge in [-0.15, -0.1) is 0 Å². The summed E-state index contributed by atoms with van der Waals surface area (Å²) in [5.74, 6) is 1.27. The number of alkyl halides is 3. The predicted octanol–water partition coefficient (Wildman–Crippen LogP) is 5.97. The van der Waals surface area contributed by atoms with E-state index in [-0.39, 0.29) is 12.7 Å². The molecular weight excluding hydrogens is 405 g/mol. The van der Waals surface area contributed by atoms with Crippen LogP contribution in [0.2, 0.25) is 0 Å². The third-order valence-corrected chi connectivity index (χ3v) is 5.65. The molecule has 0 radical (unpaired) electrons. The number of fused-ring (bicyclic) bond motifs is 2. The average Bonchev–Trinajstić information content (AvgIpc) is 3.39. The second-order valence-electron chi connectivity index (χ2n) is 7.77. The van der Waals surface area contributed by atoms with E-state index in [1.165, 1.54) is 6.07 Å². The van der Waals surface area contributed by atoms with Gasteiger partial charge in [-0.2, -0.15) is 13.2 Å². The van der Waals surface area contributed by atoms with Gasteiger partial charge >= 0.3 is 6.18 Å². The fourth-order valence-corrected chi connectivity index (χ4v) is 4.07. The van der Waals surface area contributed by atoms with Crippen molar-refractivity contribution in [2.75, 3.05) is 6.61 Å². The van der Waals surface area contributed by atoms with Crippen molar-refractivity contribution < 1.29 is 22.6 Å². The van der Waals surface area contributed by atoms with Crippen LogP contribution in [0.15, 0.2) is 60.7 Å². The second kappa shape index (κ2) is 7.89. The zero-order valence-corrected chi connectivity index (χ0v) is 16.7. The molecule has 0 aliphatic carbocycles. The van der Waals surface area contributed by atoms with Crippen LogP contribution in [0.1, 0.15) is 24.2 Å². The van der Waals surface area contributed by atoms with Crippen molar-refractivity contribution in [3.63, 3.8) is 0 Å². The first-order chi connectivity index (χ1) is 15.0. The van der Waals surface area contributed by atoms with Crippen molar-refractivity contribution in [3.8, 4) is 5.75 Å². The molecule has 3 aromatic carbocycles. The van der Waals surface area contributed by atoms with Gasteiger partial charge in [-0.3, -0.25) is 0 Å². The Morgan fingerprint density at radius 1 is 1.03 bits per heavy atom. The van der Waals surface area contributed by atoms with Crippen LogP contribution in [0.3, 0.4) is 0 Å². The highest BCUT2D eigenvalue weighted by atomic mass is 19.4. The third-order valence-electron chi connectivity index (χ3n) is 5.65. The standard InChI is InChI=1S/C24H21F3N2O2/c25-24(26,27)18-8-10-22-21(13-18)28-23(29(22)14-20-6-3-11-30-20)15-31-19-9-7-16-4-1-2-5-17(16)12-19/h1-2,4-5,7-10,12-13,20H,3,6,11,14-15H2. The van der Waals surface area contributed by atoms with Gasteiger partial charge in [0.05, 0.1) is 29.2 Å². The van der Waals surface area contributed by atoms with E-state index in [9.17, 15) is 13.2 Å². The van der Waals surface area contributed by atoms with E-state index in [1.807, 2.05) is 47.0 Å². The van der Waals surface area contributed by atoms with Crippen LogP contribution in [-0.4, -0.2) is 22.3 Å². The van der Waals surface area contributed by atoms with Crippen molar-refractivity contribution in [3.05, 3.63) is 72.1 Å². The molecule has 1 fully saturated rings. The summed E-state index contributed by atoms with van der Waals surface area (Å²) >= 11 is 0. The zero-order chi connectivity index (χ0) is 21.4. The van der Waals surface area contributed by atoms with Gasteiger partial charge in [-0.05, 0) is 53.9 Å². The highest BCUT2D eigenvalue weighted by Crippen LogP contribution is 2.32. The summed E-state index contributed by atoms with van der Waals surface area (Å²) < 4.78 is 53.2. The van der Waals surface area contributed by atoms with Crippen LogP contribution in [0, 0.1) is 0 Å². The van der Waals surface area contributed by atoms with E-state index < -0.39 is 11.7 Å². The van der Waals surface area contributed by atoms with Gasteiger partial charge in [-0.1, -0.05) is 30.3 Å². The van der Waals surface area contributed by atoms with Gasteiger partial charge in [0, 0.05) is 6.61 Å². The summed E-state index contributed by atoms with van der Waals surface area (Å²) in [5.41, 5.74) is 0.259. The van der Waals surface area contributed by atoms with Gasteiger partial charge in [0.2, 0.25) is 0 Å². The van der Waals surface area contributed by atoms with Gasteiger partial charge in [-0.25, -0.2) is 4.98 Å². The second-order valence-corrected chi connectivity index (χ2v) is 7.77. The minimum Gasteiger partial charge on any atom is -0.486 e. The Bertz CT molecular complexity index is 1230. The normalized spacial score (nSPS) is 16.9. The molecule has 1 saturated heterocycles. The van der Waals surface area contributed by atoms with Crippen LogP contribution in [-0.2, 0) is 24.1 Å².